The number of halogens is 3. The summed E-state index contributed by atoms with van der Waals surface area (Å²) in [6.07, 6.45) is 1.22. The first-order valence-electron chi connectivity index (χ1n) is 9.92. The Labute approximate surface area is 195 Å². The van der Waals surface area contributed by atoms with Gasteiger partial charge in [0.1, 0.15) is 6.04 Å². The first-order chi connectivity index (χ1) is 14.7. The third kappa shape index (κ3) is 3.65. The highest BCUT2D eigenvalue weighted by molar-refractivity contribution is 6.42. The van der Waals surface area contributed by atoms with Gasteiger partial charge in [0.15, 0.2) is 11.6 Å². The maximum absolute atomic E-state index is 13.3. The van der Waals surface area contributed by atoms with E-state index < -0.39 is 6.04 Å². The van der Waals surface area contributed by atoms with Gasteiger partial charge in [0.05, 0.1) is 10.0 Å². The molecule has 2 aliphatic rings. The van der Waals surface area contributed by atoms with Gasteiger partial charge in [0.2, 0.25) is 5.95 Å². The predicted octanol–water partition coefficient (Wildman–Crippen LogP) is 6.56. The van der Waals surface area contributed by atoms with E-state index in [0.29, 0.717) is 38.8 Å². The molecule has 3 aromatic rings. The maximum Gasteiger partial charge on any atom is 0.226 e. The lowest BCUT2D eigenvalue weighted by molar-refractivity contribution is -0.118. The summed E-state index contributed by atoms with van der Waals surface area (Å²) in [4.78, 5) is 18.0. The number of anilines is 1. The van der Waals surface area contributed by atoms with Crippen molar-refractivity contribution in [2.75, 3.05) is 5.32 Å². The monoisotopic (exact) mass is 472 g/mol. The van der Waals surface area contributed by atoms with Crippen LogP contribution in [-0.4, -0.2) is 20.5 Å². The Hall–Kier alpha value is -2.34. The van der Waals surface area contributed by atoms with Crippen LogP contribution in [0, 0.1) is 5.41 Å². The van der Waals surface area contributed by atoms with Crippen molar-refractivity contribution in [1.82, 2.24) is 14.8 Å². The predicted molar refractivity (Wildman–Crippen MR) is 124 cm³/mol. The van der Waals surface area contributed by atoms with Crippen molar-refractivity contribution in [3.63, 3.8) is 0 Å². The van der Waals surface area contributed by atoms with Gasteiger partial charge in [-0.25, -0.2) is 4.68 Å². The fraction of sp³-hybridized carbons (Fsp3) is 0.261. The molecule has 5 rings (SSSR count). The number of aromatic nitrogens is 3. The lowest BCUT2D eigenvalue weighted by Gasteiger charge is -2.38. The molecule has 1 aromatic heterocycles. The summed E-state index contributed by atoms with van der Waals surface area (Å²) in [6, 6.07) is 12.3. The number of rotatable bonds is 2. The minimum atomic E-state index is -0.432. The number of allylic oxidation sites excluding steroid dienone is 2. The largest absolute Gasteiger partial charge is 0.328 e. The van der Waals surface area contributed by atoms with E-state index in [1.807, 2.05) is 18.2 Å². The fourth-order valence-corrected chi connectivity index (χ4v) is 4.75. The SMILES string of the molecule is CC1(C)CC(=O)C2=C(C1)Nc1nc(-c3ccc(Cl)cc3)nn1C2c1ccc(Cl)c(Cl)c1. The summed E-state index contributed by atoms with van der Waals surface area (Å²) in [5, 5.41) is 9.67. The second-order valence-electron chi connectivity index (χ2n) is 8.74. The molecule has 0 amide bonds. The summed E-state index contributed by atoms with van der Waals surface area (Å²) in [7, 11) is 0. The third-order valence-electron chi connectivity index (χ3n) is 5.69. The van der Waals surface area contributed by atoms with Gasteiger partial charge in [-0.05, 0) is 53.8 Å². The van der Waals surface area contributed by atoms with E-state index in [1.165, 1.54) is 0 Å². The Kier molecular flexibility index (Phi) is 4.88. The highest BCUT2D eigenvalue weighted by atomic mass is 35.5. The van der Waals surface area contributed by atoms with Gasteiger partial charge in [-0.3, -0.25) is 4.79 Å². The second kappa shape index (κ2) is 7.37. The molecule has 8 heteroatoms. The molecule has 0 saturated carbocycles. The smallest absolute Gasteiger partial charge is 0.226 e. The molecular formula is C23H19Cl3N4O. The van der Waals surface area contributed by atoms with Crippen molar-refractivity contribution < 1.29 is 4.79 Å². The minimum Gasteiger partial charge on any atom is -0.328 e. The summed E-state index contributed by atoms with van der Waals surface area (Å²) in [6.45, 7) is 4.20. The topological polar surface area (TPSA) is 59.8 Å². The lowest BCUT2D eigenvalue weighted by Crippen LogP contribution is -2.36. The van der Waals surface area contributed by atoms with E-state index in [0.717, 1.165) is 23.2 Å². The van der Waals surface area contributed by atoms with Crippen LogP contribution >= 0.6 is 34.8 Å². The van der Waals surface area contributed by atoms with Crippen LogP contribution in [0.4, 0.5) is 5.95 Å². The molecule has 1 N–H and O–H groups in total. The molecule has 1 aliphatic heterocycles. The zero-order chi connectivity index (χ0) is 21.9. The van der Waals surface area contributed by atoms with E-state index in [9.17, 15) is 4.79 Å². The number of nitrogens with zero attached hydrogens (tertiary/aromatic N) is 3. The number of ketones is 1. The second-order valence-corrected chi connectivity index (χ2v) is 10.00. The molecule has 5 nitrogen and oxygen atoms in total. The molecule has 0 bridgehead atoms. The normalized spacial score (nSPS) is 19.6. The van der Waals surface area contributed by atoms with Gasteiger partial charge < -0.3 is 5.32 Å². The molecule has 1 atom stereocenters. The van der Waals surface area contributed by atoms with Gasteiger partial charge in [-0.1, -0.05) is 54.7 Å². The van der Waals surface area contributed by atoms with Crippen LogP contribution < -0.4 is 5.32 Å². The summed E-state index contributed by atoms with van der Waals surface area (Å²) >= 11 is 18.5. The molecule has 0 spiro atoms. The first kappa shape index (κ1) is 20.6. The number of carbonyl (C=O) groups excluding carboxylic acids is 1. The molecule has 0 radical (unpaired) electrons. The highest BCUT2D eigenvalue weighted by Gasteiger charge is 2.42. The van der Waals surface area contributed by atoms with Crippen molar-refractivity contribution in [3.05, 3.63) is 74.4 Å². The molecule has 0 saturated heterocycles. The Morgan fingerprint density at radius 2 is 1.77 bits per heavy atom. The maximum atomic E-state index is 13.3. The Morgan fingerprint density at radius 1 is 1.03 bits per heavy atom. The van der Waals surface area contributed by atoms with Gasteiger partial charge >= 0.3 is 0 Å². The summed E-state index contributed by atoms with van der Waals surface area (Å²) in [5.74, 6) is 1.24. The quantitative estimate of drug-likeness (QED) is 0.457. The van der Waals surface area contributed by atoms with Gasteiger partial charge in [-0.2, -0.15) is 4.98 Å². The molecule has 31 heavy (non-hydrogen) atoms. The van der Waals surface area contributed by atoms with Crippen LogP contribution in [0.25, 0.3) is 11.4 Å². The van der Waals surface area contributed by atoms with Crippen molar-refractivity contribution >= 4 is 46.5 Å². The Morgan fingerprint density at radius 3 is 2.48 bits per heavy atom. The van der Waals surface area contributed by atoms with Crippen LogP contribution in [0.15, 0.2) is 53.7 Å². The molecule has 1 unspecified atom stereocenters. The van der Waals surface area contributed by atoms with E-state index in [-0.39, 0.29) is 11.2 Å². The van der Waals surface area contributed by atoms with Crippen LogP contribution in [0.1, 0.15) is 38.3 Å². The van der Waals surface area contributed by atoms with Gasteiger partial charge in [0, 0.05) is 28.3 Å². The average Bonchev–Trinajstić information content (AvgIpc) is 3.11. The molecule has 0 fully saturated rings. The molecule has 2 aromatic carbocycles. The zero-order valence-corrected chi connectivity index (χ0v) is 19.2. The first-order valence-corrected chi connectivity index (χ1v) is 11.1. The zero-order valence-electron chi connectivity index (χ0n) is 16.9. The molecular weight excluding hydrogens is 455 g/mol. The molecule has 158 valence electrons. The average molecular weight is 474 g/mol. The summed E-state index contributed by atoms with van der Waals surface area (Å²) in [5.41, 5.74) is 3.14. The number of hydrogen-bond acceptors (Lipinski definition) is 4. The number of fused-ring (bicyclic) bond motifs is 1. The van der Waals surface area contributed by atoms with Crippen LogP contribution in [0.2, 0.25) is 15.1 Å². The van der Waals surface area contributed by atoms with E-state index >= 15 is 0 Å². The van der Waals surface area contributed by atoms with E-state index in [4.69, 9.17) is 44.9 Å². The standard InChI is InChI=1S/C23H19Cl3N4O/c1-23(2)10-17-19(18(31)11-23)20(13-5-8-15(25)16(26)9-13)30-22(27-17)28-21(29-30)12-3-6-14(24)7-4-12/h3-9,20H,10-11H2,1-2H3,(H,27,28,29). The number of Topliss-reactive ketones (excluding diaryl/α,β-unsaturated/α-hetero) is 1. The van der Waals surface area contributed by atoms with E-state index in [2.05, 4.69) is 19.2 Å². The Bertz CT molecular complexity index is 1240. The fourth-order valence-electron chi connectivity index (χ4n) is 4.32. The van der Waals surface area contributed by atoms with Crippen LogP contribution in [0.3, 0.4) is 0 Å². The molecule has 2 heterocycles. The van der Waals surface area contributed by atoms with Crippen LogP contribution in [0.5, 0.6) is 0 Å². The number of hydrogen-bond donors (Lipinski definition) is 1. The van der Waals surface area contributed by atoms with Crippen molar-refractivity contribution in [3.8, 4) is 11.4 Å². The third-order valence-corrected chi connectivity index (χ3v) is 6.68. The number of carbonyl (C=O) groups is 1. The van der Waals surface area contributed by atoms with Crippen molar-refractivity contribution in [2.24, 2.45) is 5.41 Å². The highest BCUT2D eigenvalue weighted by Crippen LogP contribution is 2.46. The lowest BCUT2D eigenvalue weighted by atomic mass is 9.73. The summed E-state index contributed by atoms with van der Waals surface area (Å²) < 4.78 is 1.76. The number of benzene rings is 2. The van der Waals surface area contributed by atoms with Gasteiger partial charge in [0.25, 0.3) is 0 Å². The van der Waals surface area contributed by atoms with Gasteiger partial charge in [-0.15, -0.1) is 5.10 Å². The molecule has 1 aliphatic carbocycles. The minimum absolute atomic E-state index is 0.101. The van der Waals surface area contributed by atoms with E-state index in [1.54, 1.807) is 28.9 Å². The van der Waals surface area contributed by atoms with Crippen LogP contribution in [-0.2, 0) is 4.79 Å². The van der Waals surface area contributed by atoms with Crippen molar-refractivity contribution in [1.29, 1.82) is 0 Å². The van der Waals surface area contributed by atoms with Crippen molar-refractivity contribution in [2.45, 2.75) is 32.7 Å². The Balaban J connectivity index is 1.69. The number of nitrogens with one attached hydrogen (secondary N) is 1.